The number of nitriles is 1. The van der Waals surface area contributed by atoms with Gasteiger partial charge in [0, 0.05) is 0 Å². The molecule has 1 aromatic heterocycles. The van der Waals surface area contributed by atoms with Crippen LogP contribution in [0.1, 0.15) is 24.4 Å². The highest BCUT2D eigenvalue weighted by Gasteiger charge is 2.50. The number of aromatic nitrogens is 1. The minimum Gasteiger partial charge on any atom is -0.408 e. The minimum atomic E-state index is -0.454. The smallest absolute Gasteiger partial charge is 0.408 e. The van der Waals surface area contributed by atoms with Gasteiger partial charge in [-0.2, -0.15) is 5.26 Å². The Morgan fingerprint density at radius 2 is 2.33 bits per heavy atom. The van der Waals surface area contributed by atoms with Gasteiger partial charge in [-0.15, -0.1) is 0 Å². The average Bonchev–Trinajstić information content (AvgIpc) is 3.05. The Morgan fingerprint density at radius 3 is 2.94 bits per heavy atom. The molecule has 0 amide bonds. The van der Waals surface area contributed by atoms with E-state index in [9.17, 15) is 10.1 Å². The summed E-state index contributed by atoms with van der Waals surface area (Å²) in [5.41, 5.74) is 1.89. The molecule has 18 heavy (non-hydrogen) atoms. The summed E-state index contributed by atoms with van der Waals surface area (Å²) in [6, 6.07) is 7.93. The zero-order chi connectivity index (χ0) is 12.8. The van der Waals surface area contributed by atoms with Crippen molar-refractivity contribution in [2.45, 2.75) is 18.9 Å². The monoisotopic (exact) mass is 243 g/mol. The fraction of sp³-hybridized carbons (Fsp3) is 0.385. The maximum atomic E-state index is 11.1. The Kier molecular flexibility index (Phi) is 2.28. The van der Waals surface area contributed by atoms with E-state index in [4.69, 9.17) is 4.42 Å². The summed E-state index contributed by atoms with van der Waals surface area (Å²) < 4.78 is 5.05. The number of aromatic amines is 1. The van der Waals surface area contributed by atoms with Crippen molar-refractivity contribution in [1.82, 2.24) is 10.3 Å². The predicted molar refractivity (Wildman–Crippen MR) is 65.9 cm³/mol. The van der Waals surface area contributed by atoms with E-state index < -0.39 is 5.76 Å². The Bertz CT molecular complexity index is 688. The van der Waals surface area contributed by atoms with Crippen molar-refractivity contribution >= 4 is 11.1 Å². The van der Waals surface area contributed by atoms with Crippen molar-refractivity contribution in [2.24, 2.45) is 5.41 Å². The van der Waals surface area contributed by atoms with Crippen molar-refractivity contribution in [2.75, 3.05) is 7.05 Å². The maximum absolute atomic E-state index is 11.1. The van der Waals surface area contributed by atoms with Crippen LogP contribution >= 0.6 is 0 Å². The van der Waals surface area contributed by atoms with Gasteiger partial charge in [-0.3, -0.25) is 4.98 Å². The molecule has 1 saturated carbocycles. The molecule has 92 valence electrons. The summed E-state index contributed by atoms with van der Waals surface area (Å²) in [6.07, 6.45) is 1.81. The van der Waals surface area contributed by atoms with Crippen LogP contribution < -0.4 is 11.1 Å². The second-order valence-electron chi connectivity index (χ2n) is 4.76. The minimum absolute atomic E-state index is 0.0212. The lowest BCUT2D eigenvalue weighted by molar-refractivity contribution is 0.443. The van der Waals surface area contributed by atoms with Gasteiger partial charge in [0.15, 0.2) is 5.58 Å². The first-order valence-corrected chi connectivity index (χ1v) is 5.90. The van der Waals surface area contributed by atoms with Crippen LogP contribution in [-0.4, -0.2) is 12.0 Å². The lowest BCUT2D eigenvalue weighted by atomic mass is 9.91. The fourth-order valence-electron chi connectivity index (χ4n) is 2.50. The third-order valence-corrected chi connectivity index (χ3v) is 3.63. The molecule has 1 unspecified atom stereocenters. The van der Waals surface area contributed by atoms with Gasteiger partial charge in [0.05, 0.1) is 23.0 Å². The van der Waals surface area contributed by atoms with E-state index in [1.807, 2.05) is 25.2 Å². The summed E-state index contributed by atoms with van der Waals surface area (Å²) in [5, 5.41) is 12.5. The SMILES string of the molecule is CNC(c1ccc2[nH]c(=O)oc2c1)C1(C#N)CC1. The van der Waals surface area contributed by atoms with Crippen molar-refractivity contribution < 1.29 is 4.42 Å². The Morgan fingerprint density at radius 1 is 1.56 bits per heavy atom. The molecule has 1 fully saturated rings. The molecule has 0 bridgehead atoms. The van der Waals surface area contributed by atoms with Gasteiger partial charge >= 0.3 is 5.76 Å². The highest BCUT2D eigenvalue weighted by molar-refractivity contribution is 5.73. The molecule has 2 N–H and O–H groups in total. The van der Waals surface area contributed by atoms with Crippen LogP contribution in [0.5, 0.6) is 0 Å². The summed E-state index contributed by atoms with van der Waals surface area (Å²) in [5.74, 6) is -0.454. The molecule has 1 aromatic carbocycles. The zero-order valence-electron chi connectivity index (χ0n) is 9.99. The Labute approximate surface area is 103 Å². The topological polar surface area (TPSA) is 81.8 Å². The lowest BCUT2D eigenvalue weighted by Gasteiger charge is -2.21. The van der Waals surface area contributed by atoms with Crippen LogP contribution in [0.3, 0.4) is 0 Å². The highest BCUT2D eigenvalue weighted by Crippen LogP contribution is 2.54. The third kappa shape index (κ3) is 1.54. The molecule has 1 atom stereocenters. The molecule has 1 heterocycles. The van der Waals surface area contributed by atoms with Gasteiger partial charge < -0.3 is 9.73 Å². The number of rotatable bonds is 3. The Hall–Kier alpha value is -2.06. The number of nitrogens with one attached hydrogen (secondary N) is 2. The molecule has 5 nitrogen and oxygen atoms in total. The van der Waals surface area contributed by atoms with Crippen molar-refractivity contribution in [3.8, 4) is 6.07 Å². The average molecular weight is 243 g/mol. The van der Waals surface area contributed by atoms with Crippen LogP contribution in [0.25, 0.3) is 11.1 Å². The number of oxazole rings is 1. The zero-order valence-corrected chi connectivity index (χ0v) is 9.99. The highest BCUT2D eigenvalue weighted by atomic mass is 16.4. The first-order chi connectivity index (χ1) is 8.68. The van der Waals surface area contributed by atoms with E-state index in [0.29, 0.717) is 11.1 Å². The normalized spacial score (nSPS) is 18.4. The van der Waals surface area contributed by atoms with E-state index in [1.54, 1.807) is 0 Å². The molecule has 0 spiro atoms. The molecule has 3 rings (SSSR count). The van der Waals surface area contributed by atoms with Gasteiger partial charge in [-0.05, 0) is 37.6 Å². The molecule has 2 aromatic rings. The van der Waals surface area contributed by atoms with Gasteiger partial charge in [0.1, 0.15) is 0 Å². The van der Waals surface area contributed by atoms with Gasteiger partial charge in [0.25, 0.3) is 0 Å². The fourth-order valence-corrected chi connectivity index (χ4v) is 2.50. The molecular formula is C13H13N3O2. The summed E-state index contributed by atoms with van der Waals surface area (Å²) in [4.78, 5) is 13.7. The second-order valence-corrected chi connectivity index (χ2v) is 4.76. The van der Waals surface area contributed by atoms with E-state index in [1.165, 1.54) is 0 Å². The number of nitrogens with zero attached hydrogens (tertiary/aromatic N) is 1. The first kappa shape index (κ1) is 11.1. The molecule has 1 aliphatic rings. The molecule has 1 aliphatic carbocycles. The second kappa shape index (κ2) is 3.72. The lowest BCUT2D eigenvalue weighted by Crippen LogP contribution is -2.25. The quantitative estimate of drug-likeness (QED) is 0.859. The molecule has 0 saturated heterocycles. The van der Waals surface area contributed by atoms with Gasteiger partial charge in [0.2, 0.25) is 0 Å². The number of fused-ring (bicyclic) bond motifs is 1. The van der Waals surface area contributed by atoms with Crippen LogP contribution in [0.15, 0.2) is 27.4 Å². The van der Waals surface area contributed by atoms with Gasteiger partial charge in [-0.25, -0.2) is 4.79 Å². The van der Waals surface area contributed by atoms with Gasteiger partial charge in [-0.1, -0.05) is 6.07 Å². The van der Waals surface area contributed by atoms with Crippen molar-refractivity contribution in [3.05, 3.63) is 34.3 Å². The van der Waals surface area contributed by atoms with Crippen molar-refractivity contribution in [1.29, 1.82) is 5.26 Å². The van der Waals surface area contributed by atoms with E-state index in [0.717, 1.165) is 18.4 Å². The molecule has 0 aliphatic heterocycles. The van der Waals surface area contributed by atoms with E-state index in [2.05, 4.69) is 16.4 Å². The first-order valence-electron chi connectivity index (χ1n) is 5.90. The van der Waals surface area contributed by atoms with Crippen molar-refractivity contribution in [3.63, 3.8) is 0 Å². The number of H-pyrrole nitrogens is 1. The van der Waals surface area contributed by atoms with E-state index >= 15 is 0 Å². The number of hydrogen-bond donors (Lipinski definition) is 2. The standard InChI is InChI=1S/C13H13N3O2/c1-15-11(13(7-14)4-5-13)8-2-3-9-10(6-8)18-12(17)16-9/h2-3,6,11,15H,4-5H2,1H3,(H,16,17). The van der Waals surface area contributed by atoms with Crippen LogP contribution in [-0.2, 0) is 0 Å². The molecular weight excluding hydrogens is 230 g/mol. The number of hydrogen-bond acceptors (Lipinski definition) is 4. The number of benzene rings is 1. The maximum Gasteiger partial charge on any atom is 0.417 e. The largest absolute Gasteiger partial charge is 0.417 e. The summed E-state index contributed by atoms with van der Waals surface area (Å²) in [6.45, 7) is 0. The summed E-state index contributed by atoms with van der Waals surface area (Å²) in [7, 11) is 1.85. The molecule has 5 heteroatoms. The molecule has 0 radical (unpaired) electrons. The van der Waals surface area contributed by atoms with Crippen LogP contribution in [0.2, 0.25) is 0 Å². The van der Waals surface area contributed by atoms with Crippen LogP contribution in [0.4, 0.5) is 0 Å². The van der Waals surface area contributed by atoms with E-state index in [-0.39, 0.29) is 11.5 Å². The third-order valence-electron chi connectivity index (χ3n) is 3.63. The summed E-state index contributed by atoms with van der Waals surface area (Å²) >= 11 is 0. The Balaban J connectivity index is 2.08. The predicted octanol–water partition coefficient (Wildman–Crippen LogP) is 1.69. The van der Waals surface area contributed by atoms with Crippen LogP contribution in [0, 0.1) is 16.7 Å².